The zero-order valence-corrected chi connectivity index (χ0v) is 10.8. The number of hydrogen-bond donors (Lipinski definition) is 1. The van der Waals surface area contributed by atoms with Crippen molar-refractivity contribution in [2.24, 2.45) is 0 Å². The molecule has 0 heterocycles. The molecule has 80 valence electrons. The highest BCUT2D eigenvalue weighted by Gasteiger charge is 2.07. The first kappa shape index (κ1) is 12.6. The predicted molar refractivity (Wildman–Crippen MR) is 65.9 cm³/mol. The van der Waals surface area contributed by atoms with Crippen LogP contribution >= 0.6 is 27.7 Å². The zero-order chi connectivity index (χ0) is 11.3. The summed E-state index contributed by atoms with van der Waals surface area (Å²) in [6.45, 7) is 2.29. The summed E-state index contributed by atoms with van der Waals surface area (Å²) in [5.74, 6) is 0. The van der Waals surface area contributed by atoms with Gasteiger partial charge in [-0.15, -0.1) is 11.8 Å². The lowest BCUT2D eigenvalue weighted by Crippen LogP contribution is -1.99. The van der Waals surface area contributed by atoms with Gasteiger partial charge in [-0.25, -0.2) is 0 Å². The number of rotatable bonds is 4. The van der Waals surface area contributed by atoms with Crippen LogP contribution in [0, 0.1) is 11.3 Å². The molecule has 1 aromatic carbocycles. The average molecular weight is 286 g/mol. The quantitative estimate of drug-likeness (QED) is 0.864. The first-order valence-electron chi connectivity index (χ1n) is 4.64. The maximum Gasteiger partial charge on any atom is 0.0992 e. The molecule has 0 aliphatic heterocycles. The van der Waals surface area contributed by atoms with Crippen LogP contribution < -0.4 is 0 Å². The molecule has 4 heteroatoms. The fraction of sp³-hybridized carbons (Fsp3) is 0.364. The highest BCUT2D eigenvalue weighted by atomic mass is 79.9. The molecule has 1 unspecified atom stereocenters. The summed E-state index contributed by atoms with van der Waals surface area (Å²) in [5.41, 5.74) is 0.654. The lowest BCUT2D eigenvalue weighted by atomic mass is 10.2. The van der Waals surface area contributed by atoms with E-state index in [9.17, 15) is 0 Å². The van der Waals surface area contributed by atoms with Gasteiger partial charge in [-0.2, -0.15) is 5.26 Å². The Morgan fingerprint density at radius 1 is 1.60 bits per heavy atom. The van der Waals surface area contributed by atoms with E-state index < -0.39 is 0 Å². The minimum absolute atomic E-state index is 0.210. The maximum atomic E-state index is 8.80. The molecule has 0 aliphatic rings. The minimum Gasteiger partial charge on any atom is -0.396 e. The predicted octanol–water partition coefficient (Wildman–Crippen LogP) is 3.18. The molecular formula is C11H12BrNOS. The Kier molecular flexibility index (Phi) is 5.16. The number of hydrogen-bond acceptors (Lipinski definition) is 3. The lowest BCUT2D eigenvalue weighted by molar-refractivity contribution is 0.289. The molecule has 1 atom stereocenters. The SMILES string of the molecule is CC(CCO)Sc1ccc(C#N)cc1Br. The standard InChI is InChI=1S/C11H12BrNOS/c1-8(4-5-14)15-11-3-2-9(7-13)6-10(11)12/h2-3,6,8,14H,4-5H2,1H3. The van der Waals surface area contributed by atoms with Crippen LogP contribution in [0.25, 0.3) is 0 Å². The summed E-state index contributed by atoms with van der Waals surface area (Å²) in [6.07, 6.45) is 0.775. The molecule has 0 aromatic heterocycles. The van der Waals surface area contributed by atoms with Gasteiger partial charge in [0.25, 0.3) is 0 Å². The van der Waals surface area contributed by atoms with Gasteiger partial charge >= 0.3 is 0 Å². The Morgan fingerprint density at radius 2 is 2.33 bits per heavy atom. The average Bonchev–Trinajstić information content (AvgIpc) is 2.21. The number of benzene rings is 1. The lowest BCUT2D eigenvalue weighted by Gasteiger charge is -2.10. The van der Waals surface area contributed by atoms with Crippen LogP contribution in [0.15, 0.2) is 27.6 Å². The van der Waals surface area contributed by atoms with Crippen LogP contribution in [0.2, 0.25) is 0 Å². The molecule has 0 bridgehead atoms. The van der Waals surface area contributed by atoms with Crippen molar-refractivity contribution in [3.05, 3.63) is 28.2 Å². The van der Waals surface area contributed by atoms with E-state index in [-0.39, 0.29) is 6.61 Å². The first-order chi connectivity index (χ1) is 7.17. The summed E-state index contributed by atoms with van der Waals surface area (Å²) in [6, 6.07) is 7.64. The van der Waals surface area contributed by atoms with Gasteiger partial charge in [0.1, 0.15) is 0 Å². The van der Waals surface area contributed by atoms with Crippen molar-refractivity contribution in [1.29, 1.82) is 5.26 Å². The molecular weight excluding hydrogens is 274 g/mol. The van der Waals surface area contributed by atoms with Gasteiger partial charge in [-0.05, 0) is 40.5 Å². The summed E-state index contributed by atoms with van der Waals surface area (Å²) >= 11 is 5.13. The molecule has 1 aromatic rings. The topological polar surface area (TPSA) is 44.0 Å². The Labute approximate surface area is 102 Å². The number of thioether (sulfide) groups is 1. The monoisotopic (exact) mass is 285 g/mol. The van der Waals surface area contributed by atoms with Gasteiger partial charge in [-0.1, -0.05) is 6.92 Å². The fourth-order valence-electron chi connectivity index (χ4n) is 1.12. The van der Waals surface area contributed by atoms with Crippen LogP contribution in [-0.4, -0.2) is 17.0 Å². The van der Waals surface area contributed by atoms with Crippen LogP contribution in [0.5, 0.6) is 0 Å². The van der Waals surface area contributed by atoms with Crippen molar-refractivity contribution in [3.63, 3.8) is 0 Å². The van der Waals surface area contributed by atoms with Crippen molar-refractivity contribution in [1.82, 2.24) is 0 Å². The number of nitriles is 1. The molecule has 0 aliphatic carbocycles. The van der Waals surface area contributed by atoms with Crippen molar-refractivity contribution in [2.75, 3.05) is 6.61 Å². The Hall–Kier alpha value is -0.500. The largest absolute Gasteiger partial charge is 0.396 e. The summed E-state index contributed by atoms with van der Waals surface area (Å²) in [7, 11) is 0. The van der Waals surface area contributed by atoms with Gasteiger partial charge in [0.05, 0.1) is 11.6 Å². The molecule has 0 spiro atoms. The molecule has 1 rings (SSSR count). The van der Waals surface area contributed by atoms with E-state index >= 15 is 0 Å². The van der Waals surface area contributed by atoms with Crippen molar-refractivity contribution in [2.45, 2.75) is 23.5 Å². The number of aliphatic hydroxyl groups is 1. The zero-order valence-electron chi connectivity index (χ0n) is 8.40. The third-order valence-electron chi connectivity index (χ3n) is 1.92. The molecule has 0 radical (unpaired) electrons. The maximum absolute atomic E-state index is 8.80. The van der Waals surface area contributed by atoms with Crippen LogP contribution in [0.4, 0.5) is 0 Å². The smallest absolute Gasteiger partial charge is 0.0992 e. The third kappa shape index (κ3) is 3.86. The number of aliphatic hydroxyl groups excluding tert-OH is 1. The normalized spacial score (nSPS) is 12.1. The molecule has 1 N–H and O–H groups in total. The van der Waals surface area contributed by atoms with Crippen LogP contribution in [0.3, 0.4) is 0 Å². The molecule has 0 saturated carbocycles. The Balaban J connectivity index is 2.74. The molecule has 15 heavy (non-hydrogen) atoms. The highest BCUT2D eigenvalue weighted by Crippen LogP contribution is 2.32. The highest BCUT2D eigenvalue weighted by molar-refractivity contribution is 9.10. The van der Waals surface area contributed by atoms with Gasteiger partial charge in [0, 0.05) is 21.2 Å². The van der Waals surface area contributed by atoms with Gasteiger partial charge in [-0.3, -0.25) is 0 Å². The second-order valence-electron chi connectivity index (χ2n) is 3.20. The summed E-state index contributed by atoms with van der Waals surface area (Å²) in [5, 5.41) is 17.9. The fourth-order valence-corrected chi connectivity index (χ4v) is 2.76. The van der Waals surface area contributed by atoms with Crippen molar-refractivity contribution >= 4 is 27.7 Å². The van der Waals surface area contributed by atoms with E-state index in [1.165, 1.54) is 0 Å². The van der Waals surface area contributed by atoms with Gasteiger partial charge in [0.15, 0.2) is 0 Å². The van der Waals surface area contributed by atoms with E-state index in [4.69, 9.17) is 10.4 Å². The van der Waals surface area contributed by atoms with E-state index in [0.717, 1.165) is 15.8 Å². The van der Waals surface area contributed by atoms with Crippen molar-refractivity contribution in [3.8, 4) is 6.07 Å². The van der Waals surface area contributed by atoms with Gasteiger partial charge in [0.2, 0.25) is 0 Å². The number of nitrogens with zero attached hydrogens (tertiary/aromatic N) is 1. The molecule has 0 amide bonds. The number of halogens is 1. The van der Waals surface area contributed by atoms with E-state index in [2.05, 4.69) is 28.9 Å². The minimum atomic E-state index is 0.210. The molecule has 2 nitrogen and oxygen atoms in total. The van der Waals surface area contributed by atoms with E-state index in [1.807, 2.05) is 12.1 Å². The first-order valence-corrected chi connectivity index (χ1v) is 6.31. The summed E-state index contributed by atoms with van der Waals surface area (Å²) < 4.78 is 0.941. The molecule has 0 saturated heterocycles. The second-order valence-corrected chi connectivity index (χ2v) is 5.53. The van der Waals surface area contributed by atoms with Crippen LogP contribution in [0.1, 0.15) is 18.9 Å². The second kappa shape index (κ2) is 6.16. The molecule has 0 fully saturated rings. The summed E-state index contributed by atoms with van der Waals surface area (Å²) in [4.78, 5) is 1.11. The third-order valence-corrected chi connectivity index (χ3v) is 4.09. The Morgan fingerprint density at radius 3 is 2.87 bits per heavy atom. The van der Waals surface area contributed by atoms with E-state index in [1.54, 1.807) is 17.8 Å². The van der Waals surface area contributed by atoms with E-state index in [0.29, 0.717) is 10.8 Å². The van der Waals surface area contributed by atoms with Gasteiger partial charge < -0.3 is 5.11 Å². The van der Waals surface area contributed by atoms with Crippen molar-refractivity contribution < 1.29 is 5.11 Å². The Bertz CT molecular complexity index is 375. The van der Waals surface area contributed by atoms with Crippen LogP contribution in [-0.2, 0) is 0 Å².